The van der Waals surface area contributed by atoms with Gasteiger partial charge in [-0.3, -0.25) is 9.59 Å². The van der Waals surface area contributed by atoms with Gasteiger partial charge in [-0.1, -0.05) is 43.7 Å². The zero-order chi connectivity index (χ0) is 17.6. The van der Waals surface area contributed by atoms with Crippen LogP contribution in [0.25, 0.3) is 0 Å². The number of likely N-dealkylation sites (tertiary alicyclic amines) is 2. The second-order valence-electron chi connectivity index (χ2n) is 7.42. The fourth-order valence-corrected chi connectivity index (χ4v) is 4.31. The Morgan fingerprint density at radius 3 is 2.44 bits per heavy atom. The van der Waals surface area contributed by atoms with Gasteiger partial charge in [0.2, 0.25) is 11.8 Å². The fourth-order valence-electron chi connectivity index (χ4n) is 4.31. The molecular formula is C21H30N2O2. The maximum absolute atomic E-state index is 13.2. The third-order valence-corrected chi connectivity index (χ3v) is 5.80. The van der Waals surface area contributed by atoms with Crippen molar-refractivity contribution in [3.05, 3.63) is 35.9 Å². The van der Waals surface area contributed by atoms with Crippen molar-refractivity contribution in [2.75, 3.05) is 19.6 Å². The van der Waals surface area contributed by atoms with E-state index in [1.807, 2.05) is 30.0 Å². The Balaban J connectivity index is 1.63. The molecule has 2 heterocycles. The van der Waals surface area contributed by atoms with Gasteiger partial charge in [-0.2, -0.15) is 0 Å². The first-order valence-corrected chi connectivity index (χ1v) is 9.79. The molecule has 4 nitrogen and oxygen atoms in total. The summed E-state index contributed by atoms with van der Waals surface area (Å²) in [6, 6.07) is 10.3. The van der Waals surface area contributed by atoms with Crippen LogP contribution in [0.4, 0.5) is 0 Å². The Hall–Kier alpha value is -1.84. The molecule has 2 aliphatic heterocycles. The molecule has 1 aromatic rings. The molecule has 0 bridgehead atoms. The van der Waals surface area contributed by atoms with Crippen LogP contribution in [-0.4, -0.2) is 41.2 Å². The second kappa shape index (κ2) is 8.50. The average molecular weight is 342 g/mol. The van der Waals surface area contributed by atoms with Gasteiger partial charge in [0.15, 0.2) is 0 Å². The molecule has 4 heteroatoms. The van der Waals surface area contributed by atoms with Crippen LogP contribution in [0.2, 0.25) is 0 Å². The maximum atomic E-state index is 13.2. The van der Waals surface area contributed by atoms with Gasteiger partial charge >= 0.3 is 0 Å². The predicted octanol–water partition coefficient (Wildman–Crippen LogP) is 3.46. The van der Waals surface area contributed by atoms with Gasteiger partial charge in [0.05, 0.1) is 0 Å². The second-order valence-corrected chi connectivity index (χ2v) is 7.42. The van der Waals surface area contributed by atoms with Gasteiger partial charge < -0.3 is 9.80 Å². The van der Waals surface area contributed by atoms with Crippen LogP contribution >= 0.6 is 0 Å². The van der Waals surface area contributed by atoms with E-state index < -0.39 is 0 Å². The number of rotatable bonds is 4. The minimum Gasteiger partial charge on any atom is -0.343 e. The summed E-state index contributed by atoms with van der Waals surface area (Å²) >= 11 is 0. The van der Waals surface area contributed by atoms with E-state index in [1.165, 1.54) is 5.56 Å². The lowest BCUT2D eigenvalue weighted by Crippen LogP contribution is -2.43. The number of piperidine rings is 1. The summed E-state index contributed by atoms with van der Waals surface area (Å²) in [6.07, 6.45) is 5.77. The van der Waals surface area contributed by atoms with Crippen molar-refractivity contribution in [1.29, 1.82) is 0 Å². The van der Waals surface area contributed by atoms with Crippen molar-refractivity contribution in [3.8, 4) is 0 Å². The van der Waals surface area contributed by atoms with Crippen LogP contribution in [0.5, 0.6) is 0 Å². The van der Waals surface area contributed by atoms with Crippen molar-refractivity contribution >= 4 is 11.8 Å². The van der Waals surface area contributed by atoms with Crippen LogP contribution in [0.1, 0.15) is 51.0 Å². The van der Waals surface area contributed by atoms with Crippen LogP contribution in [0.3, 0.4) is 0 Å². The summed E-state index contributed by atoms with van der Waals surface area (Å²) in [4.78, 5) is 29.1. The van der Waals surface area contributed by atoms with E-state index in [-0.39, 0.29) is 11.8 Å². The molecule has 2 saturated heterocycles. The molecule has 0 aromatic heterocycles. The molecule has 0 N–H and O–H groups in total. The number of hydrogen-bond donors (Lipinski definition) is 0. The van der Waals surface area contributed by atoms with E-state index in [4.69, 9.17) is 0 Å². The summed E-state index contributed by atoms with van der Waals surface area (Å²) in [6.45, 7) is 5.16. The predicted molar refractivity (Wildman–Crippen MR) is 98.8 cm³/mol. The first-order valence-electron chi connectivity index (χ1n) is 9.79. The quantitative estimate of drug-likeness (QED) is 0.841. The lowest BCUT2D eigenvalue weighted by atomic mass is 9.81. The average Bonchev–Trinajstić information content (AvgIpc) is 2.84. The number of amides is 2. The highest BCUT2D eigenvalue weighted by Crippen LogP contribution is 2.32. The Morgan fingerprint density at radius 2 is 1.76 bits per heavy atom. The van der Waals surface area contributed by atoms with Crippen LogP contribution in [0, 0.1) is 11.8 Å². The van der Waals surface area contributed by atoms with Crippen LogP contribution in [-0.2, 0) is 16.1 Å². The molecule has 3 rings (SSSR count). The molecule has 2 fully saturated rings. The van der Waals surface area contributed by atoms with Crippen molar-refractivity contribution in [3.63, 3.8) is 0 Å². The number of carbonyl (C=O) groups excluding carboxylic acids is 2. The maximum Gasteiger partial charge on any atom is 0.226 e. The van der Waals surface area contributed by atoms with Gasteiger partial charge in [0, 0.05) is 38.5 Å². The molecule has 0 spiro atoms. The molecule has 1 atom stereocenters. The SMILES string of the molecule is CCC(=O)N1CCC(C2CCCCN(Cc3ccccc3)C2=O)CC1. The molecular weight excluding hydrogens is 312 g/mol. The molecule has 0 saturated carbocycles. The zero-order valence-corrected chi connectivity index (χ0v) is 15.3. The molecule has 1 aromatic carbocycles. The Labute approximate surface area is 151 Å². The van der Waals surface area contributed by atoms with Crippen LogP contribution in [0.15, 0.2) is 30.3 Å². The molecule has 2 amide bonds. The highest BCUT2D eigenvalue weighted by molar-refractivity contribution is 5.79. The summed E-state index contributed by atoms with van der Waals surface area (Å²) in [5.74, 6) is 1.16. The number of carbonyl (C=O) groups is 2. The van der Waals surface area contributed by atoms with Gasteiger partial charge in [-0.25, -0.2) is 0 Å². The summed E-state index contributed by atoms with van der Waals surface area (Å²) < 4.78 is 0. The minimum absolute atomic E-state index is 0.144. The highest BCUT2D eigenvalue weighted by Gasteiger charge is 2.35. The summed E-state index contributed by atoms with van der Waals surface area (Å²) in [5.41, 5.74) is 1.21. The molecule has 25 heavy (non-hydrogen) atoms. The topological polar surface area (TPSA) is 40.6 Å². The van der Waals surface area contributed by atoms with Gasteiger partial charge in [0.1, 0.15) is 0 Å². The van der Waals surface area contributed by atoms with Gasteiger partial charge in [0.25, 0.3) is 0 Å². The summed E-state index contributed by atoms with van der Waals surface area (Å²) in [5, 5.41) is 0. The first kappa shape index (κ1) is 18.0. The molecule has 1 unspecified atom stereocenters. The fraction of sp³-hybridized carbons (Fsp3) is 0.619. The smallest absolute Gasteiger partial charge is 0.226 e. The zero-order valence-electron chi connectivity index (χ0n) is 15.3. The van der Waals surface area contributed by atoms with E-state index in [0.29, 0.717) is 18.2 Å². The lowest BCUT2D eigenvalue weighted by Gasteiger charge is -2.36. The van der Waals surface area contributed by atoms with E-state index in [2.05, 4.69) is 17.0 Å². The van der Waals surface area contributed by atoms with E-state index in [0.717, 1.165) is 58.3 Å². The Morgan fingerprint density at radius 1 is 1.04 bits per heavy atom. The van der Waals surface area contributed by atoms with Crippen molar-refractivity contribution in [2.45, 2.75) is 52.0 Å². The van der Waals surface area contributed by atoms with E-state index >= 15 is 0 Å². The number of benzene rings is 1. The van der Waals surface area contributed by atoms with Crippen molar-refractivity contribution < 1.29 is 9.59 Å². The normalized spacial score (nSPS) is 22.8. The monoisotopic (exact) mass is 342 g/mol. The first-order chi connectivity index (χ1) is 12.2. The third kappa shape index (κ3) is 4.42. The standard InChI is InChI=1S/C21H30N2O2/c1-2-20(24)22-14-11-18(12-15-22)19-10-6-7-13-23(21(19)25)16-17-8-4-3-5-9-17/h3-5,8-9,18-19H,2,6-7,10-16H2,1H3. The molecule has 0 aliphatic carbocycles. The van der Waals surface area contributed by atoms with Crippen molar-refractivity contribution in [2.24, 2.45) is 11.8 Å². The Bertz CT molecular complexity index is 579. The molecule has 2 aliphatic rings. The van der Waals surface area contributed by atoms with Gasteiger partial charge in [-0.15, -0.1) is 0 Å². The van der Waals surface area contributed by atoms with Gasteiger partial charge in [-0.05, 0) is 37.2 Å². The highest BCUT2D eigenvalue weighted by atomic mass is 16.2. The number of hydrogen-bond acceptors (Lipinski definition) is 2. The molecule has 0 radical (unpaired) electrons. The van der Waals surface area contributed by atoms with E-state index in [1.54, 1.807) is 0 Å². The Kier molecular flexibility index (Phi) is 6.11. The summed E-state index contributed by atoms with van der Waals surface area (Å²) in [7, 11) is 0. The molecule has 136 valence electrons. The largest absolute Gasteiger partial charge is 0.343 e. The number of nitrogens with zero attached hydrogens (tertiary/aromatic N) is 2. The van der Waals surface area contributed by atoms with Crippen molar-refractivity contribution in [1.82, 2.24) is 9.80 Å². The third-order valence-electron chi connectivity index (χ3n) is 5.80. The van der Waals surface area contributed by atoms with Crippen LogP contribution < -0.4 is 0 Å². The minimum atomic E-state index is 0.144. The van der Waals surface area contributed by atoms with E-state index in [9.17, 15) is 9.59 Å². The lowest BCUT2D eigenvalue weighted by molar-refractivity contribution is -0.138.